The van der Waals surface area contributed by atoms with E-state index in [1.54, 1.807) is 0 Å². The zero-order valence-corrected chi connectivity index (χ0v) is 13.0. The van der Waals surface area contributed by atoms with Crippen LogP contribution in [0.1, 0.15) is 41.0 Å². The van der Waals surface area contributed by atoms with E-state index in [9.17, 15) is 4.79 Å². The summed E-state index contributed by atoms with van der Waals surface area (Å²) in [5.74, 6) is 1.31. The van der Waals surface area contributed by atoms with Crippen LogP contribution in [0, 0.1) is 11.8 Å². The average Bonchev–Trinajstić information content (AvgIpc) is 2.89. The summed E-state index contributed by atoms with van der Waals surface area (Å²) in [5, 5.41) is 3.42. The predicted octanol–water partition coefficient (Wildman–Crippen LogP) is 1.52. The molecule has 2 rings (SSSR count). The van der Waals surface area contributed by atoms with Gasteiger partial charge in [-0.25, -0.2) is 0 Å². The minimum Gasteiger partial charge on any atom is -0.326 e. The van der Waals surface area contributed by atoms with E-state index in [2.05, 4.69) is 49.7 Å². The number of carbonyl (C=O) groups is 1. The summed E-state index contributed by atoms with van der Waals surface area (Å²) in [7, 11) is 0. The summed E-state index contributed by atoms with van der Waals surface area (Å²) in [4.78, 5) is 17.0. The number of nitrogens with one attached hydrogen (secondary N) is 1. The van der Waals surface area contributed by atoms with Gasteiger partial charge in [-0.15, -0.1) is 0 Å². The van der Waals surface area contributed by atoms with E-state index in [0.717, 1.165) is 13.1 Å². The third kappa shape index (κ3) is 3.11. The summed E-state index contributed by atoms with van der Waals surface area (Å²) < 4.78 is 0. The van der Waals surface area contributed by atoms with Crippen molar-refractivity contribution in [3.05, 3.63) is 0 Å². The highest BCUT2D eigenvalue weighted by Gasteiger charge is 2.39. The lowest BCUT2D eigenvalue weighted by Gasteiger charge is -2.25. The van der Waals surface area contributed by atoms with E-state index in [4.69, 9.17) is 0 Å². The van der Waals surface area contributed by atoms with Crippen LogP contribution in [0.15, 0.2) is 0 Å². The molecule has 0 saturated carbocycles. The first-order valence-electron chi connectivity index (χ1n) is 7.70. The molecular formula is C15H29N3O. The minimum atomic E-state index is 0.0117. The van der Waals surface area contributed by atoms with Gasteiger partial charge in [-0.05, 0) is 45.6 Å². The van der Waals surface area contributed by atoms with Crippen molar-refractivity contribution in [2.45, 2.75) is 59.3 Å². The van der Waals surface area contributed by atoms with Crippen LogP contribution >= 0.6 is 0 Å². The van der Waals surface area contributed by atoms with Crippen molar-refractivity contribution in [2.75, 3.05) is 19.6 Å². The Morgan fingerprint density at radius 1 is 1.32 bits per heavy atom. The third-order valence-corrected chi connectivity index (χ3v) is 4.61. The van der Waals surface area contributed by atoms with Crippen LogP contribution in [-0.2, 0) is 4.79 Å². The lowest BCUT2D eigenvalue weighted by molar-refractivity contribution is -0.131. The van der Waals surface area contributed by atoms with Crippen molar-refractivity contribution in [3.8, 4) is 0 Å². The van der Waals surface area contributed by atoms with Gasteiger partial charge in [-0.2, -0.15) is 0 Å². The van der Waals surface area contributed by atoms with Gasteiger partial charge in [0.05, 0.1) is 12.2 Å². The Labute approximate surface area is 117 Å². The SMILES string of the molecule is CC(C)C1NC(C)N(CC2CCN(C(C)C)C2)C1=O. The first kappa shape index (κ1) is 14.8. The van der Waals surface area contributed by atoms with Gasteiger partial charge in [0.15, 0.2) is 0 Å². The van der Waals surface area contributed by atoms with Crippen molar-refractivity contribution in [3.63, 3.8) is 0 Å². The molecule has 2 saturated heterocycles. The summed E-state index contributed by atoms with van der Waals surface area (Å²) in [6.45, 7) is 14.1. The molecule has 110 valence electrons. The third-order valence-electron chi connectivity index (χ3n) is 4.61. The predicted molar refractivity (Wildman–Crippen MR) is 77.8 cm³/mol. The van der Waals surface area contributed by atoms with Gasteiger partial charge in [-0.1, -0.05) is 13.8 Å². The van der Waals surface area contributed by atoms with Crippen LogP contribution < -0.4 is 5.32 Å². The fourth-order valence-electron chi connectivity index (χ4n) is 3.28. The highest BCUT2D eigenvalue weighted by molar-refractivity contribution is 5.84. The summed E-state index contributed by atoms with van der Waals surface area (Å²) >= 11 is 0. The Bertz CT molecular complexity index is 329. The molecule has 0 spiro atoms. The lowest BCUT2D eigenvalue weighted by atomic mass is 10.0. The molecule has 1 N–H and O–H groups in total. The number of hydrogen-bond donors (Lipinski definition) is 1. The van der Waals surface area contributed by atoms with E-state index in [1.807, 2.05) is 0 Å². The molecule has 4 nitrogen and oxygen atoms in total. The Morgan fingerprint density at radius 3 is 2.47 bits per heavy atom. The zero-order valence-electron chi connectivity index (χ0n) is 13.0. The Kier molecular flexibility index (Phi) is 4.51. The topological polar surface area (TPSA) is 35.6 Å². The second kappa shape index (κ2) is 5.80. The first-order valence-corrected chi connectivity index (χ1v) is 7.70. The molecule has 0 bridgehead atoms. The molecule has 2 aliphatic rings. The van der Waals surface area contributed by atoms with E-state index in [1.165, 1.54) is 13.0 Å². The van der Waals surface area contributed by atoms with E-state index >= 15 is 0 Å². The molecule has 0 aromatic rings. The quantitative estimate of drug-likeness (QED) is 0.839. The van der Waals surface area contributed by atoms with Crippen LogP contribution in [0.25, 0.3) is 0 Å². The van der Waals surface area contributed by atoms with Crippen LogP contribution in [0.5, 0.6) is 0 Å². The number of amides is 1. The smallest absolute Gasteiger partial charge is 0.241 e. The number of nitrogens with zero attached hydrogens (tertiary/aromatic N) is 2. The van der Waals surface area contributed by atoms with Gasteiger partial charge in [-0.3, -0.25) is 10.1 Å². The molecule has 19 heavy (non-hydrogen) atoms. The molecular weight excluding hydrogens is 238 g/mol. The molecule has 4 heteroatoms. The standard InChI is InChI=1S/C15H29N3O/c1-10(2)14-15(19)18(12(5)16-14)9-13-6-7-17(8-13)11(3)4/h10-14,16H,6-9H2,1-5H3. The van der Waals surface area contributed by atoms with Crippen molar-refractivity contribution in [1.29, 1.82) is 0 Å². The number of hydrogen-bond acceptors (Lipinski definition) is 3. The molecule has 0 aromatic carbocycles. The Morgan fingerprint density at radius 2 is 2.00 bits per heavy atom. The second-order valence-corrected chi connectivity index (χ2v) is 6.80. The molecule has 1 amide bonds. The van der Waals surface area contributed by atoms with Crippen molar-refractivity contribution in [2.24, 2.45) is 11.8 Å². The number of rotatable bonds is 4. The summed E-state index contributed by atoms with van der Waals surface area (Å²) in [5.41, 5.74) is 0. The Balaban J connectivity index is 1.91. The largest absolute Gasteiger partial charge is 0.326 e. The number of likely N-dealkylation sites (tertiary alicyclic amines) is 1. The highest BCUT2D eigenvalue weighted by atomic mass is 16.2. The van der Waals surface area contributed by atoms with Crippen LogP contribution in [0.3, 0.4) is 0 Å². The highest BCUT2D eigenvalue weighted by Crippen LogP contribution is 2.23. The Hall–Kier alpha value is -0.610. The van der Waals surface area contributed by atoms with Gasteiger partial charge < -0.3 is 9.80 Å². The van der Waals surface area contributed by atoms with E-state index in [-0.39, 0.29) is 12.2 Å². The fraction of sp³-hybridized carbons (Fsp3) is 0.933. The van der Waals surface area contributed by atoms with Crippen molar-refractivity contribution in [1.82, 2.24) is 15.1 Å². The molecule has 3 atom stereocenters. The average molecular weight is 267 g/mol. The maximum absolute atomic E-state index is 12.4. The van der Waals surface area contributed by atoms with E-state index in [0.29, 0.717) is 23.8 Å². The molecule has 0 aliphatic carbocycles. The lowest BCUT2D eigenvalue weighted by Crippen LogP contribution is -2.39. The molecule has 0 aromatic heterocycles. The second-order valence-electron chi connectivity index (χ2n) is 6.80. The van der Waals surface area contributed by atoms with Crippen LogP contribution in [0.2, 0.25) is 0 Å². The van der Waals surface area contributed by atoms with Crippen molar-refractivity contribution >= 4 is 5.91 Å². The minimum absolute atomic E-state index is 0.0117. The van der Waals surface area contributed by atoms with Gasteiger partial charge in [0, 0.05) is 19.1 Å². The molecule has 2 fully saturated rings. The van der Waals surface area contributed by atoms with Crippen molar-refractivity contribution < 1.29 is 4.79 Å². The van der Waals surface area contributed by atoms with Gasteiger partial charge >= 0.3 is 0 Å². The molecule has 3 unspecified atom stereocenters. The van der Waals surface area contributed by atoms with Gasteiger partial charge in [0.25, 0.3) is 0 Å². The summed E-state index contributed by atoms with van der Waals surface area (Å²) in [6, 6.07) is 0.635. The zero-order chi connectivity index (χ0) is 14.2. The van der Waals surface area contributed by atoms with Gasteiger partial charge in [0.1, 0.15) is 0 Å². The normalized spacial score (nSPS) is 33.1. The molecule has 2 aliphatic heterocycles. The fourth-order valence-corrected chi connectivity index (χ4v) is 3.28. The van der Waals surface area contributed by atoms with Gasteiger partial charge in [0.2, 0.25) is 5.91 Å². The maximum Gasteiger partial charge on any atom is 0.241 e. The van der Waals surface area contributed by atoms with Crippen LogP contribution in [0.4, 0.5) is 0 Å². The summed E-state index contributed by atoms with van der Waals surface area (Å²) in [6.07, 6.45) is 1.41. The van der Waals surface area contributed by atoms with Crippen LogP contribution in [-0.4, -0.2) is 53.6 Å². The maximum atomic E-state index is 12.4. The number of carbonyl (C=O) groups excluding carboxylic acids is 1. The monoisotopic (exact) mass is 267 g/mol. The molecule has 0 radical (unpaired) electrons. The van der Waals surface area contributed by atoms with E-state index < -0.39 is 0 Å². The molecule has 2 heterocycles. The first-order chi connectivity index (χ1) is 8.90.